The lowest BCUT2D eigenvalue weighted by molar-refractivity contribution is -0.113. The fraction of sp³-hybridized carbons (Fsp3) is 0.235. The molecule has 0 radical (unpaired) electrons. The minimum Gasteiger partial charge on any atom is -0.342 e. The highest BCUT2D eigenvalue weighted by Crippen LogP contribution is 2.20. The van der Waals surface area contributed by atoms with Gasteiger partial charge in [-0.05, 0) is 31.2 Å². The van der Waals surface area contributed by atoms with Crippen LogP contribution in [0.5, 0.6) is 0 Å². The number of nitrogens with zero attached hydrogens (tertiary/aromatic N) is 4. The van der Waals surface area contributed by atoms with Crippen LogP contribution in [0.4, 0.5) is 5.13 Å². The van der Waals surface area contributed by atoms with Crippen molar-refractivity contribution in [3.63, 3.8) is 0 Å². The number of nitrogens with one attached hydrogen (secondary N) is 2. The number of rotatable bonds is 7. The Bertz CT molecular complexity index is 959. The van der Waals surface area contributed by atoms with Gasteiger partial charge in [-0.25, -0.2) is 4.98 Å². The first kappa shape index (κ1) is 20.3. The van der Waals surface area contributed by atoms with Crippen LogP contribution in [0.15, 0.2) is 41.0 Å². The van der Waals surface area contributed by atoms with Crippen LogP contribution in [0, 0.1) is 0 Å². The Morgan fingerprint density at radius 3 is 2.71 bits per heavy atom. The van der Waals surface area contributed by atoms with E-state index in [4.69, 9.17) is 11.6 Å². The van der Waals surface area contributed by atoms with Crippen molar-refractivity contribution in [2.24, 2.45) is 7.05 Å². The summed E-state index contributed by atoms with van der Waals surface area (Å²) in [5.41, 5.74) is 0.506. The van der Waals surface area contributed by atoms with Gasteiger partial charge in [0.25, 0.3) is 5.91 Å². The fourth-order valence-corrected chi connectivity index (χ4v) is 3.73. The monoisotopic (exact) mass is 436 g/mol. The van der Waals surface area contributed by atoms with E-state index in [0.29, 0.717) is 26.7 Å². The van der Waals surface area contributed by atoms with Gasteiger partial charge in [-0.2, -0.15) is 0 Å². The Balaban J connectivity index is 1.57. The molecule has 0 saturated heterocycles. The van der Waals surface area contributed by atoms with Crippen LogP contribution < -0.4 is 10.6 Å². The summed E-state index contributed by atoms with van der Waals surface area (Å²) in [6.45, 7) is 1.82. The Kier molecular flexibility index (Phi) is 6.65. The lowest BCUT2D eigenvalue weighted by Gasteiger charge is -2.13. The van der Waals surface area contributed by atoms with Crippen molar-refractivity contribution in [1.82, 2.24) is 25.1 Å². The first-order chi connectivity index (χ1) is 13.4. The zero-order valence-corrected chi connectivity index (χ0v) is 17.4. The number of aromatic nitrogens is 4. The molecule has 0 bridgehead atoms. The number of hydrogen-bond acceptors (Lipinski definition) is 7. The van der Waals surface area contributed by atoms with Gasteiger partial charge in [-0.3, -0.25) is 9.59 Å². The lowest BCUT2D eigenvalue weighted by atomic mass is 10.2. The number of hydrogen-bond donors (Lipinski definition) is 2. The second kappa shape index (κ2) is 9.18. The molecule has 0 aliphatic rings. The minimum atomic E-state index is -0.362. The maximum atomic E-state index is 12.3. The van der Waals surface area contributed by atoms with Crippen LogP contribution in [-0.4, -0.2) is 37.3 Å². The second-order valence-electron chi connectivity index (χ2n) is 5.78. The largest absolute Gasteiger partial charge is 0.342 e. The molecule has 146 valence electrons. The zero-order valence-electron chi connectivity index (χ0n) is 15.0. The molecule has 0 unspecified atom stereocenters. The van der Waals surface area contributed by atoms with Crippen molar-refractivity contribution in [2.75, 3.05) is 11.1 Å². The number of benzene rings is 1. The van der Waals surface area contributed by atoms with Crippen LogP contribution in [0.25, 0.3) is 0 Å². The van der Waals surface area contributed by atoms with E-state index >= 15 is 0 Å². The molecule has 0 saturated carbocycles. The van der Waals surface area contributed by atoms with Gasteiger partial charge in [0.05, 0.1) is 11.8 Å². The normalized spacial score (nSPS) is 11.8. The fourth-order valence-electron chi connectivity index (χ4n) is 2.35. The molecule has 0 aliphatic carbocycles. The Hall–Kier alpha value is -2.43. The molecule has 2 heterocycles. The molecule has 0 aliphatic heterocycles. The molecule has 1 atom stereocenters. The molecule has 3 rings (SSSR count). The van der Waals surface area contributed by atoms with E-state index in [2.05, 4.69) is 25.8 Å². The average molecular weight is 437 g/mol. The standard InChI is InChI=1S/C17H17ClN6O2S2/c1-10(20-15(26)11-3-5-12(18)6-4-11)14-22-23-17(24(14)2)28-9-13(25)21-16-19-7-8-27-16/h3-8,10H,9H2,1-2H3,(H,20,26)(H,19,21,25)/t10-/m1/s1. The highest BCUT2D eigenvalue weighted by molar-refractivity contribution is 7.99. The second-order valence-corrected chi connectivity index (χ2v) is 8.05. The SMILES string of the molecule is C[C@@H](NC(=O)c1ccc(Cl)cc1)c1nnc(SCC(=O)Nc2nccs2)n1C. The first-order valence-corrected chi connectivity index (χ1v) is 10.5. The van der Waals surface area contributed by atoms with E-state index in [0.717, 1.165) is 0 Å². The molecular formula is C17H17ClN6O2S2. The number of anilines is 1. The first-order valence-electron chi connectivity index (χ1n) is 8.22. The molecule has 2 N–H and O–H groups in total. The number of carbonyl (C=O) groups excluding carboxylic acids is 2. The van der Waals surface area contributed by atoms with Crippen molar-refractivity contribution in [2.45, 2.75) is 18.1 Å². The van der Waals surface area contributed by atoms with Gasteiger partial charge >= 0.3 is 0 Å². The molecule has 28 heavy (non-hydrogen) atoms. The van der Waals surface area contributed by atoms with E-state index in [1.807, 2.05) is 6.92 Å². The zero-order chi connectivity index (χ0) is 20.1. The molecule has 8 nitrogen and oxygen atoms in total. The van der Waals surface area contributed by atoms with Crippen molar-refractivity contribution in [1.29, 1.82) is 0 Å². The van der Waals surface area contributed by atoms with Gasteiger partial charge in [0.1, 0.15) is 0 Å². The van der Waals surface area contributed by atoms with Gasteiger partial charge in [0.15, 0.2) is 16.1 Å². The van der Waals surface area contributed by atoms with E-state index in [9.17, 15) is 9.59 Å². The maximum Gasteiger partial charge on any atom is 0.251 e. The number of amides is 2. The van der Waals surface area contributed by atoms with Gasteiger partial charge in [-0.15, -0.1) is 21.5 Å². The lowest BCUT2D eigenvalue weighted by Crippen LogP contribution is -2.28. The molecule has 2 aromatic heterocycles. The van der Waals surface area contributed by atoms with Crippen LogP contribution in [0.2, 0.25) is 5.02 Å². The van der Waals surface area contributed by atoms with Crippen molar-refractivity contribution in [3.05, 3.63) is 52.3 Å². The van der Waals surface area contributed by atoms with Crippen molar-refractivity contribution in [3.8, 4) is 0 Å². The summed E-state index contributed by atoms with van der Waals surface area (Å²) >= 11 is 8.46. The van der Waals surface area contributed by atoms with Gasteiger partial charge in [0, 0.05) is 29.2 Å². The number of thiazole rings is 1. The Morgan fingerprint density at radius 2 is 2.04 bits per heavy atom. The highest BCUT2D eigenvalue weighted by atomic mass is 35.5. The van der Waals surface area contributed by atoms with Crippen LogP contribution in [-0.2, 0) is 11.8 Å². The van der Waals surface area contributed by atoms with Gasteiger partial charge in [-0.1, -0.05) is 23.4 Å². The average Bonchev–Trinajstić information content (AvgIpc) is 3.30. The van der Waals surface area contributed by atoms with Crippen molar-refractivity contribution < 1.29 is 9.59 Å². The van der Waals surface area contributed by atoms with E-state index < -0.39 is 0 Å². The topological polar surface area (TPSA) is 102 Å². The Morgan fingerprint density at radius 1 is 1.29 bits per heavy atom. The third-order valence-corrected chi connectivity index (χ3v) is 5.68. The third-order valence-electron chi connectivity index (χ3n) is 3.72. The summed E-state index contributed by atoms with van der Waals surface area (Å²) in [5.74, 6) is 0.361. The van der Waals surface area contributed by atoms with Crippen LogP contribution in [0.1, 0.15) is 29.1 Å². The van der Waals surface area contributed by atoms with Gasteiger partial charge < -0.3 is 15.2 Å². The summed E-state index contributed by atoms with van der Waals surface area (Å²) in [6.07, 6.45) is 1.63. The molecule has 1 aromatic carbocycles. The van der Waals surface area contributed by atoms with Crippen molar-refractivity contribution >= 4 is 51.6 Å². The quantitative estimate of drug-likeness (QED) is 0.551. The van der Waals surface area contributed by atoms with Crippen LogP contribution in [0.3, 0.4) is 0 Å². The number of carbonyl (C=O) groups is 2. The van der Waals surface area contributed by atoms with E-state index in [1.54, 1.807) is 47.5 Å². The predicted molar refractivity (Wildman–Crippen MR) is 110 cm³/mol. The number of halogens is 1. The van der Waals surface area contributed by atoms with Crippen LogP contribution >= 0.6 is 34.7 Å². The Labute approximate surface area is 174 Å². The summed E-state index contributed by atoms with van der Waals surface area (Å²) < 4.78 is 1.76. The molecule has 0 fully saturated rings. The van der Waals surface area contributed by atoms with E-state index in [1.165, 1.54) is 23.1 Å². The number of thioether (sulfide) groups is 1. The van der Waals surface area contributed by atoms with Gasteiger partial charge in [0.2, 0.25) is 5.91 Å². The smallest absolute Gasteiger partial charge is 0.251 e. The molecule has 2 amide bonds. The molecule has 3 aromatic rings. The summed E-state index contributed by atoms with van der Waals surface area (Å²) in [4.78, 5) is 28.3. The summed E-state index contributed by atoms with van der Waals surface area (Å²) in [5, 5.41) is 17.3. The molecular weight excluding hydrogens is 420 g/mol. The molecule has 0 spiro atoms. The summed E-state index contributed by atoms with van der Waals surface area (Å²) in [6, 6.07) is 6.27. The third kappa shape index (κ3) is 5.09. The van der Waals surface area contributed by atoms with E-state index in [-0.39, 0.29) is 23.6 Å². The predicted octanol–water partition coefficient (Wildman–Crippen LogP) is 3.15. The highest BCUT2D eigenvalue weighted by Gasteiger charge is 2.19. The minimum absolute atomic E-state index is 0.173. The summed E-state index contributed by atoms with van der Waals surface area (Å²) in [7, 11) is 1.79. The maximum absolute atomic E-state index is 12.3. The molecule has 11 heteroatoms.